The van der Waals surface area contributed by atoms with E-state index in [2.05, 4.69) is 0 Å². The van der Waals surface area contributed by atoms with Crippen molar-refractivity contribution in [3.05, 3.63) is 0 Å². The van der Waals surface area contributed by atoms with Crippen molar-refractivity contribution in [3.8, 4) is 0 Å². The average molecular weight is 553 g/mol. The van der Waals surface area contributed by atoms with Gasteiger partial charge in [-0.2, -0.15) is 0 Å². The molecular formula is C24H34Cl2O2Te. The molecule has 8 aliphatic carbocycles. The van der Waals surface area contributed by atoms with Gasteiger partial charge < -0.3 is 0 Å². The van der Waals surface area contributed by atoms with E-state index in [9.17, 15) is 9.59 Å². The van der Waals surface area contributed by atoms with E-state index in [-0.39, 0.29) is 10.8 Å². The number of Topliss-reactive ketones (excluding diaryl/α,β-unsaturated/α-hetero) is 2. The Balaban J connectivity index is 1.15. The van der Waals surface area contributed by atoms with Crippen molar-refractivity contribution < 1.29 is 9.59 Å². The molecule has 8 aliphatic rings. The molecule has 2 nitrogen and oxygen atoms in total. The Hall–Kier alpha value is 0.710. The summed E-state index contributed by atoms with van der Waals surface area (Å²) in [6.45, 7) is 0. The third-order valence-electron chi connectivity index (χ3n) is 9.94. The first kappa shape index (κ1) is 20.3. The fourth-order valence-corrected chi connectivity index (χ4v) is 16.5. The van der Waals surface area contributed by atoms with Crippen LogP contribution in [-0.4, -0.2) is 27.5 Å². The van der Waals surface area contributed by atoms with Gasteiger partial charge in [-0.25, -0.2) is 0 Å². The number of halogens is 2. The summed E-state index contributed by atoms with van der Waals surface area (Å²) in [5.74, 6) is 5.23. The average Bonchev–Trinajstić information content (AvgIpc) is 2.58. The zero-order chi connectivity index (χ0) is 20.0. The van der Waals surface area contributed by atoms with Gasteiger partial charge in [0, 0.05) is 0 Å². The molecule has 0 aliphatic heterocycles. The molecule has 0 aromatic carbocycles. The van der Waals surface area contributed by atoms with Crippen molar-refractivity contribution >= 4 is 45.4 Å². The molecule has 0 N–H and O–H groups in total. The Labute approximate surface area is 186 Å². The van der Waals surface area contributed by atoms with Crippen LogP contribution in [0, 0.1) is 46.3 Å². The van der Waals surface area contributed by atoms with E-state index >= 15 is 0 Å². The van der Waals surface area contributed by atoms with Gasteiger partial charge in [0.25, 0.3) is 0 Å². The van der Waals surface area contributed by atoms with Crippen molar-refractivity contribution in [2.75, 3.05) is 0 Å². The fourth-order valence-electron chi connectivity index (χ4n) is 9.65. The second-order valence-corrected chi connectivity index (χ2v) is 26.9. The molecule has 0 aromatic heterocycles. The van der Waals surface area contributed by atoms with E-state index in [1.807, 2.05) is 0 Å². The molecule has 0 aromatic rings. The van der Waals surface area contributed by atoms with Gasteiger partial charge in [0.15, 0.2) is 0 Å². The SMILES string of the molecule is O=C(C[Te](Cl)(Cl)CC(=O)C12CC3CC(CC(C3)C1)C2)C12CC3CC(CC(C3)C1)C2. The monoisotopic (exact) mass is 554 g/mol. The van der Waals surface area contributed by atoms with Crippen LogP contribution in [0.3, 0.4) is 0 Å². The van der Waals surface area contributed by atoms with Crippen molar-refractivity contribution in [1.29, 1.82) is 0 Å². The van der Waals surface area contributed by atoms with Crippen molar-refractivity contribution in [3.63, 3.8) is 0 Å². The molecule has 162 valence electrons. The van der Waals surface area contributed by atoms with Crippen LogP contribution >= 0.6 is 17.9 Å². The van der Waals surface area contributed by atoms with E-state index in [0.29, 0.717) is 20.5 Å². The summed E-state index contributed by atoms with van der Waals surface area (Å²) in [4.78, 5) is 27.0. The normalized spacial score (nSPS) is 50.1. The molecule has 0 saturated heterocycles. The van der Waals surface area contributed by atoms with E-state index in [1.54, 1.807) is 0 Å². The summed E-state index contributed by atoms with van der Waals surface area (Å²) in [7, 11) is 13.8. The van der Waals surface area contributed by atoms with Crippen molar-refractivity contribution in [2.45, 2.75) is 86.0 Å². The molecule has 0 radical (unpaired) electrons. The Bertz CT molecular complexity index is 615. The molecule has 0 heterocycles. The van der Waals surface area contributed by atoms with Crippen LogP contribution < -0.4 is 0 Å². The summed E-state index contributed by atoms with van der Waals surface area (Å²) in [6, 6.07) is 0. The van der Waals surface area contributed by atoms with E-state index in [0.717, 1.165) is 74.0 Å². The predicted molar refractivity (Wildman–Crippen MR) is 118 cm³/mol. The maximum atomic E-state index is 13.5. The molecule has 0 atom stereocenters. The zero-order valence-electron chi connectivity index (χ0n) is 17.3. The summed E-state index contributed by atoms with van der Waals surface area (Å²) in [5.41, 5.74) is -0.251. The van der Waals surface area contributed by atoms with Gasteiger partial charge in [0.1, 0.15) is 0 Å². The van der Waals surface area contributed by atoms with Crippen LogP contribution in [-0.2, 0) is 9.59 Å². The van der Waals surface area contributed by atoms with Crippen LogP contribution in [0.25, 0.3) is 0 Å². The fraction of sp³-hybridized carbons (Fsp3) is 0.917. The first-order valence-electron chi connectivity index (χ1n) is 12.0. The first-order valence-corrected chi connectivity index (χ1v) is 21.2. The second-order valence-electron chi connectivity index (χ2n) is 12.2. The number of rotatable bonds is 6. The Kier molecular flexibility index (Phi) is 4.80. The zero-order valence-corrected chi connectivity index (χ0v) is 21.2. The number of carbonyl (C=O) groups excluding carboxylic acids is 2. The molecular weight excluding hydrogens is 519 g/mol. The number of hydrogen-bond donors (Lipinski definition) is 0. The van der Waals surface area contributed by atoms with Crippen LogP contribution in [0.1, 0.15) is 77.0 Å². The van der Waals surface area contributed by atoms with E-state index in [1.165, 1.54) is 38.5 Å². The van der Waals surface area contributed by atoms with E-state index < -0.39 is 15.9 Å². The van der Waals surface area contributed by atoms with Crippen LogP contribution in [0.4, 0.5) is 0 Å². The van der Waals surface area contributed by atoms with Gasteiger partial charge in [-0.05, 0) is 0 Å². The van der Waals surface area contributed by atoms with Gasteiger partial charge in [0.05, 0.1) is 0 Å². The summed E-state index contributed by atoms with van der Waals surface area (Å²) >= 11 is -3.50. The van der Waals surface area contributed by atoms with Crippen LogP contribution in [0.5, 0.6) is 0 Å². The Morgan fingerprint density at radius 2 is 0.828 bits per heavy atom. The molecule has 0 spiro atoms. The Morgan fingerprint density at radius 1 is 0.586 bits per heavy atom. The third-order valence-corrected chi connectivity index (χ3v) is 16.8. The third kappa shape index (κ3) is 3.48. The predicted octanol–water partition coefficient (Wildman–Crippen LogP) is 6.48. The standard InChI is InChI=1S/C24H34Cl2O2Te/c25-29(26,13-21(27)23-7-15-1-16(8-23)3-17(2-15)9-23)14-22(28)24-10-18-4-19(11-24)6-20(5-18)12-24/h15-20H,1-14H2. The Morgan fingerprint density at radius 3 is 1.07 bits per heavy atom. The van der Waals surface area contributed by atoms with Gasteiger partial charge in [-0.3, -0.25) is 0 Å². The van der Waals surface area contributed by atoms with Gasteiger partial charge >= 0.3 is 187 Å². The van der Waals surface area contributed by atoms with E-state index in [4.69, 9.17) is 17.9 Å². The molecule has 8 bridgehead atoms. The van der Waals surface area contributed by atoms with Gasteiger partial charge in [-0.1, -0.05) is 0 Å². The molecule has 8 rings (SSSR count). The number of hydrogen-bond acceptors (Lipinski definition) is 2. The molecule has 0 unspecified atom stereocenters. The molecule has 0 amide bonds. The van der Waals surface area contributed by atoms with Crippen LogP contribution in [0.15, 0.2) is 0 Å². The minimum atomic E-state index is -3.50. The maximum absolute atomic E-state index is 13.5. The first-order chi connectivity index (χ1) is 13.7. The van der Waals surface area contributed by atoms with Gasteiger partial charge in [0.2, 0.25) is 0 Å². The van der Waals surface area contributed by atoms with Crippen LogP contribution in [0.2, 0.25) is 8.94 Å². The summed E-state index contributed by atoms with van der Waals surface area (Å²) in [6.07, 6.45) is 14.5. The van der Waals surface area contributed by atoms with Crippen molar-refractivity contribution in [1.82, 2.24) is 0 Å². The number of ketones is 2. The molecule has 8 saturated carbocycles. The quantitative estimate of drug-likeness (QED) is 0.354. The summed E-state index contributed by atoms with van der Waals surface area (Å²) < 4.78 is 0.714. The minimum absolute atomic E-state index is 0.126. The van der Waals surface area contributed by atoms with Gasteiger partial charge in [-0.15, -0.1) is 0 Å². The van der Waals surface area contributed by atoms with Crippen molar-refractivity contribution in [2.24, 2.45) is 46.3 Å². The topological polar surface area (TPSA) is 34.1 Å². The summed E-state index contributed by atoms with van der Waals surface area (Å²) in [5, 5.41) is 0. The second kappa shape index (κ2) is 6.85. The molecule has 5 heteroatoms. The molecule has 29 heavy (non-hydrogen) atoms. The molecule has 8 fully saturated rings. The number of carbonyl (C=O) groups is 2.